The standard InChI is InChI=1S/C28H44N4O2S/c1-19(18-35)22-8-6-10-23(11-7-9-22)31-16-14-24(15-17-31)32-26-13-5-4-12-25(26)30-27(28(32)34)29-20(2)21(3)33/h4-5,12-13,19-24,33,35H,6-11,14-18H2,1-3H3,(H,29,30). The zero-order chi connectivity index (χ0) is 24.9. The maximum atomic E-state index is 13.6. The van der Waals surface area contributed by atoms with Crippen molar-refractivity contribution in [2.75, 3.05) is 24.2 Å². The summed E-state index contributed by atoms with van der Waals surface area (Å²) >= 11 is 4.54. The third kappa shape index (κ3) is 6.23. The van der Waals surface area contributed by atoms with Crippen LogP contribution in [0.4, 0.5) is 5.82 Å². The minimum Gasteiger partial charge on any atom is -0.391 e. The highest BCUT2D eigenvalue weighted by atomic mass is 32.1. The normalized spacial score (nSPS) is 25.5. The fourth-order valence-corrected chi connectivity index (χ4v) is 6.36. The van der Waals surface area contributed by atoms with Crippen molar-refractivity contribution < 1.29 is 5.11 Å². The zero-order valence-corrected chi connectivity index (χ0v) is 22.6. The third-order valence-electron chi connectivity index (χ3n) is 8.58. The number of benzene rings is 1. The maximum absolute atomic E-state index is 13.6. The molecule has 0 amide bonds. The summed E-state index contributed by atoms with van der Waals surface area (Å²) in [5, 5.41) is 13.1. The van der Waals surface area contributed by atoms with Crippen LogP contribution in [-0.4, -0.2) is 56.6 Å². The Kier molecular flexibility index (Phi) is 9.17. The molecule has 35 heavy (non-hydrogen) atoms. The number of aliphatic hydroxyl groups is 1. The lowest BCUT2D eigenvalue weighted by atomic mass is 9.82. The lowest BCUT2D eigenvalue weighted by Gasteiger charge is -2.40. The van der Waals surface area contributed by atoms with Gasteiger partial charge in [-0.25, -0.2) is 4.98 Å². The summed E-state index contributed by atoms with van der Waals surface area (Å²) in [5.41, 5.74) is 1.64. The molecule has 1 aromatic carbocycles. The summed E-state index contributed by atoms with van der Waals surface area (Å²) in [6.45, 7) is 8.05. The van der Waals surface area contributed by atoms with Crippen LogP contribution in [0.15, 0.2) is 29.1 Å². The van der Waals surface area contributed by atoms with Gasteiger partial charge in [-0.3, -0.25) is 4.79 Å². The monoisotopic (exact) mass is 500 g/mol. The number of aliphatic hydroxyl groups excluding tert-OH is 1. The van der Waals surface area contributed by atoms with Crippen molar-refractivity contribution in [2.24, 2.45) is 11.8 Å². The van der Waals surface area contributed by atoms with E-state index in [-0.39, 0.29) is 17.6 Å². The first kappa shape index (κ1) is 26.5. The molecule has 0 spiro atoms. The Morgan fingerprint density at radius 1 is 1.03 bits per heavy atom. The third-order valence-corrected chi connectivity index (χ3v) is 9.16. The Balaban J connectivity index is 1.46. The zero-order valence-electron chi connectivity index (χ0n) is 21.7. The van der Waals surface area contributed by atoms with Crippen molar-refractivity contribution in [3.05, 3.63) is 34.6 Å². The molecule has 4 rings (SSSR count). The average Bonchev–Trinajstić information content (AvgIpc) is 2.84. The molecule has 7 heteroatoms. The molecule has 0 bridgehead atoms. The molecule has 2 N–H and O–H groups in total. The van der Waals surface area contributed by atoms with E-state index in [4.69, 9.17) is 0 Å². The number of nitrogens with one attached hydrogen (secondary N) is 1. The molecule has 1 saturated carbocycles. The summed E-state index contributed by atoms with van der Waals surface area (Å²) in [5.74, 6) is 2.90. The van der Waals surface area contributed by atoms with Crippen LogP contribution < -0.4 is 10.9 Å². The molecule has 6 nitrogen and oxygen atoms in total. The van der Waals surface area contributed by atoms with Crippen LogP contribution in [0.3, 0.4) is 0 Å². The summed E-state index contributed by atoms with van der Waals surface area (Å²) in [6.07, 6.45) is 9.30. The fraction of sp³-hybridized carbons (Fsp3) is 0.714. The second-order valence-electron chi connectivity index (χ2n) is 11.0. The number of hydrogen-bond donors (Lipinski definition) is 3. The molecular formula is C28H44N4O2S. The average molecular weight is 501 g/mol. The van der Waals surface area contributed by atoms with Crippen LogP contribution in [0.5, 0.6) is 0 Å². The van der Waals surface area contributed by atoms with E-state index in [1.165, 1.54) is 38.5 Å². The van der Waals surface area contributed by atoms with Gasteiger partial charge in [-0.15, -0.1) is 0 Å². The molecule has 3 unspecified atom stereocenters. The number of nitrogens with zero attached hydrogens (tertiary/aromatic N) is 3. The van der Waals surface area contributed by atoms with Crippen LogP contribution >= 0.6 is 12.6 Å². The van der Waals surface area contributed by atoms with Gasteiger partial charge in [0.15, 0.2) is 5.82 Å². The van der Waals surface area contributed by atoms with Crippen molar-refractivity contribution in [3.8, 4) is 0 Å². The molecule has 1 aliphatic carbocycles. The number of para-hydroxylation sites is 2. The number of piperidine rings is 1. The van der Waals surface area contributed by atoms with Crippen LogP contribution in [0, 0.1) is 11.8 Å². The molecule has 1 aliphatic heterocycles. The Hall–Kier alpha value is -1.57. The Bertz CT molecular complexity index is 1010. The quantitative estimate of drug-likeness (QED) is 0.461. The first-order valence-corrected chi connectivity index (χ1v) is 14.3. The minimum atomic E-state index is -0.570. The second-order valence-corrected chi connectivity index (χ2v) is 11.4. The number of fused-ring (bicyclic) bond motifs is 1. The number of thiol groups is 1. The highest BCUT2D eigenvalue weighted by Crippen LogP contribution is 2.33. The molecule has 2 aliphatic rings. The minimum absolute atomic E-state index is 0.0787. The molecule has 1 aromatic heterocycles. The van der Waals surface area contributed by atoms with Crippen molar-refractivity contribution in [1.82, 2.24) is 14.5 Å². The van der Waals surface area contributed by atoms with E-state index in [2.05, 4.69) is 34.8 Å². The lowest BCUT2D eigenvalue weighted by Crippen LogP contribution is -2.44. The maximum Gasteiger partial charge on any atom is 0.294 e. The highest BCUT2D eigenvalue weighted by molar-refractivity contribution is 7.80. The topological polar surface area (TPSA) is 70.4 Å². The van der Waals surface area contributed by atoms with Gasteiger partial charge in [-0.05, 0) is 69.3 Å². The molecule has 3 atom stereocenters. The van der Waals surface area contributed by atoms with E-state index in [0.29, 0.717) is 11.9 Å². The molecule has 2 aromatic rings. The van der Waals surface area contributed by atoms with Gasteiger partial charge in [0, 0.05) is 25.2 Å². The predicted molar refractivity (Wildman–Crippen MR) is 149 cm³/mol. The van der Waals surface area contributed by atoms with Crippen LogP contribution in [0.2, 0.25) is 0 Å². The molecule has 2 fully saturated rings. The summed E-state index contributed by atoms with van der Waals surface area (Å²) in [4.78, 5) is 20.9. The van der Waals surface area contributed by atoms with Gasteiger partial charge in [0.25, 0.3) is 5.56 Å². The first-order chi connectivity index (χ1) is 16.9. The van der Waals surface area contributed by atoms with Crippen LogP contribution in [0.1, 0.15) is 78.2 Å². The number of rotatable bonds is 7. The van der Waals surface area contributed by atoms with Crippen molar-refractivity contribution >= 4 is 29.5 Å². The molecular weight excluding hydrogens is 456 g/mol. The number of hydrogen-bond acceptors (Lipinski definition) is 6. The first-order valence-electron chi connectivity index (χ1n) is 13.7. The molecule has 194 valence electrons. The highest BCUT2D eigenvalue weighted by Gasteiger charge is 2.29. The van der Waals surface area contributed by atoms with Crippen molar-refractivity contribution in [2.45, 2.75) is 96.4 Å². The second kappa shape index (κ2) is 12.1. The molecule has 1 saturated heterocycles. The van der Waals surface area contributed by atoms with Gasteiger partial charge >= 0.3 is 0 Å². The van der Waals surface area contributed by atoms with Gasteiger partial charge in [0.2, 0.25) is 0 Å². The Morgan fingerprint density at radius 3 is 2.31 bits per heavy atom. The Morgan fingerprint density at radius 2 is 1.69 bits per heavy atom. The van der Waals surface area contributed by atoms with E-state index in [9.17, 15) is 9.90 Å². The van der Waals surface area contributed by atoms with Crippen molar-refractivity contribution in [3.63, 3.8) is 0 Å². The van der Waals surface area contributed by atoms with Gasteiger partial charge < -0.3 is 19.9 Å². The largest absolute Gasteiger partial charge is 0.391 e. The molecule has 0 radical (unpaired) electrons. The summed E-state index contributed by atoms with van der Waals surface area (Å²) < 4.78 is 1.97. The van der Waals surface area contributed by atoms with E-state index in [1.54, 1.807) is 6.92 Å². The van der Waals surface area contributed by atoms with Gasteiger partial charge in [0.05, 0.1) is 23.2 Å². The van der Waals surface area contributed by atoms with Crippen LogP contribution in [0.25, 0.3) is 11.0 Å². The summed E-state index contributed by atoms with van der Waals surface area (Å²) in [7, 11) is 0. The fourth-order valence-electron chi connectivity index (χ4n) is 6.06. The number of anilines is 1. The Labute approximate surface area is 215 Å². The van der Waals surface area contributed by atoms with Crippen molar-refractivity contribution in [1.29, 1.82) is 0 Å². The smallest absolute Gasteiger partial charge is 0.294 e. The van der Waals surface area contributed by atoms with Crippen LogP contribution in [-0.2, 0) is 0 Å². The van der Waals surface area contributed by atoms with E-state index < -0.39 is 6.10 Å². The van der Waals surface area contributed by atoms with Gasteiger partial charge in [-0.1, -0.05) is 44.7 Å². The predicted octanol–water partition coefficient (Wildman–Crippen LogP) is 5.12. The lowest BCUT2D eigenvalue weighted by molar-refractivity contribution is 0.109. The van der Waals surface area contributed by atoms with Gasteiger partial charge in [0.1, 0.15) is 0 Å². The van der Waals surface area contributed by atoms with Gasteiger partial charge in [-0.2, -0.15) is 12.6 Å². The van der Waals surface area contributed by atoms with E-state index >= 15 is 0 Å². The van der Waals surface area contributed by atoms with E-state index in [0.717, 1.165) is 54.6 Å². The molecule has 2 heterocycles. The number of aromatic nitrogens is 2. The number of likely N-dealkylation sites (tertiary alicyclic amines) is 1. The summed E-state index contributed by atoms with van der Waals surface area (Å²) in [6, 6.07) is 8.52. The van der Waals surface area contributed by atoms with E-state index in [1.807, 2.05) is 35.8 Å². The SMILES string of the molecule is CC(O)C(C)Nc1nc2ccccc2n(C2CCN(C3CCCC(C(C)CS)CCC3)CC2)c1=O.